The molecule has 1 heterocycles. The molecule has 0 spiro atoms. The van der Waals surface area contributed by atoms with Crippen molar-refractivity contribution in [3.63, 3.8) is 0 Å². The Morgan fingerprint density at radius 2 is 2.10 bits per heavy atom. The van der Waals surface area contributed by atoms with E-state index in [2.05, 4.69) is 15.3 Å². The molecule has 6 heteroatoms. The number of hydrogen-bond acceptors (Lipinski definition) is 5. The summed E-state index contributed by atoms with van der Waals surface area (Å²) in [5, 5.41) is 12.8. The van der Waals surface area contributed by atoms with Crippen molar-refractivity contribution in [1.29, 1.82) is 0 Å². The van der Waals surface area contributed by atoms with Gasteiger partial charge in [0.2, 0.25) is 0 Å². The number of benzene rings is 1. The molecule has 2 aromatic rings. The van der Waals surface area contributed by atoms with Crippen LogP contribution in [0.15, 0.2) is 36.7 Å². The van der Waals surface area contributed by atoms with E-state index in [0.717, 1.165) is 11.4 Å². The summed E-state index contributed by atoms with van der Waals surface area (Å²) in [4.78, 5) is 8.32. The van der Waals surface area contributed by atoms with E-state index in [1.807, 2.05) is 6.92 Å². The van der Waals surface area contributed by atoms with E-state index >= 15 is 0 Å². The highest BCUT2D eigenvalue weighted by Crippen LogP contribution is 2.15. The third-order valence-electron chi connectivity index (χ3n) is 2.79. The van der Waals surface area contributed by atoms with Crippen molar-refractivity contribution >= 4 is 0 Å². The van der Waals surface area contributed by atoms with Crippen LogP contribution in [0.2, 0.25) is 0 Å². The minimum atomic E-state index is -0.733. The zero-order valence-electron chi connectivity index (χ0n) is 11.8. The van der Waals surface area contributed by atoms with E-state index in [9.17, 15) is 9.50 Å². The van der Waals surface area contributed by atoms with Gasteiger partial charge < -0.3 is 15.2 Å². The molecule has 0 bridgehead atoms. The largest absolute Gasteiger partial charge is 0.488 e. The maximum absolute atomic E-state index is 13.3. The van der Waals surface area contributed by atoms with Crippen LogP contribution in [0.4, 0.5) is 4.39 Å². The first kappa shape index (κ1) is 15.3. The quantitative estimate of drug-likeness (QED) is 0.808. The van der Waals surface area contributed by atoms with Gasteiger partial charge in [-0.3, -0.25) is 9.97 Å². The number of aliphatic hydroxyl groups is 1. The third kappa shape index (κ3) is 5.09. The highest BCUT2D eigenvalue weighted by Gasteiger charge is 2.07. The Hall–Kier alpha value is -2.05. The molecule has 0 saturated carbocycles. The van der Waals surface area contributed by atoms with E-state index in [0.29, 0.717) is 13.1 Å². The fourth-order valence-corrected chi connectivity index (χ4v) is 1.68. The van der Waals surface area contributed by atoms with Crippen molar-refractivity contribution in [1.82, 2.24) is 15.3 Å². The minimum Gasteiger partial charge on any atom is -0.488 e. The van der Waals surface area contributed by atoms with Gasteiger partial charge in [0.05, 0.1) is 11.4 Å². The van der Waals surface area contributed by atoms with Crippen LogP contribution in [0, 0.1) is 12.7 Å². The van der Waals surface area contributed by atoms with Gasteiger partial charge >= 0.3 is 0 Å². The van der Waals surface area contributed by atoms with Gasteiger partial charge in [0.25, 0.3) is 0 Å². The van der Waals surface area contributed by atoms with Crippen LogP contribution in [0.5, 0.6) is 5.75 Å². The SMILES string of the molecule is Cc1cnc(CNCC(O)COc2ccccc2F)cn1. The molecule has 0 radical (unpaired) electrons. The Balaban J connectivity index is 1.69. The van der Waals surface area contributed by atoms with Crippen molar-refractivity contribution in [3.05, 3.63) is 53.9 Å². The van der Waals surface area contributed by atoms with Gasteiger partial charge in [0.15, 0.2) is 11.6 Å². The van der Waals surface area contributed by atoms with Crippen molar-refractivity contribution in [2.75, 3.05) is 13.2 Å². The maximum atomic E-state index is 13.3. The fourth-order valence-electron chi connectivity index (χ4n) is 1.68. The Morgan fingerprint density at radius 3 is 2.81 bits per heavy atom. The van der Waals surface area contributed by atoms with Gasteiger partial charge in [-0.25, -0.2) is 4.39 Å². The number of rotatable bonds is 7. The lowest BCUT2D eigenvalue weighted by atomic mass is 10.3. The minimum absolute atomic E-state index is 0.0213. The van der Waals surface area contributed by atoms with Gasteiger partial charge in [0.1, 0.15) is 12.7 Å². The number of ether oxygens (including phenoxy) is 1. The number of aromatic nitrogens is 2. The lowest BCUT2D eigenvalue weighted by Gasteiger charge is -2.13. The molecule has 0 aliphatic heterocycles. The number of nitrogens with zero attached hydrogens (tertiary/aromatic N) is 2. The van der Waals surface area contributed by atoms with Crippen LogP contribution in [0.3, 0.4) is 0 Å². The molecule has 0 aliphatic rings. The lowest BCUT2D eigenvalue weighted by Crippen LogP contribution is -2.31. The molecule has 2 N–H and O–H groups in total. The van der Waals surface area contributed by atoms with Crippen LogP contribution >= 0.6 is 0 Å². The van der Waals surface area contributed by atoms with E-state index in [1.54, 1.807) is 24.5 Å². The fraction of sp³-hybridized carbons (Fsp3) is 0.333. The second-order valence-corrected chi connectivity index (χ2v) is 4.68. The van der Waals surface area contributed by atoms with E-state index in [1.165, 1.54) is 12.1 Å². The molecule has 1 atom stereocenters. The van der Waals surface area contributed by atoms with E-state index in [4.69, 9.17) is 4.74 Å². The molecule has 1 aromatic carbocycles. The average Bonchev–Trinajstić information content (AvgIpc) is 2.48. The van der Waals surface area contributed by atoms with Crippen molar-refractivity contribution < 1.29 is 14.2 Å². The summed E-state index contributed by atoms with van der Waals surface area (Å²) >= 11 is 0. The van der Waals surface area contributed by atoms with Crippen LogP contribution in [-0.2, 0) is 6.54 Å². The molecule has 21 heavy (non-hydrogen) atoms. The number of hydrogen-bond donors (Lipinski definition) is 2. The molecule has 5 nitrogen and oxygen atoms in total. The van der Waals surface area contributed by atoms with Gasteiger partial charge in [-0.1, -0.05) is 12.1 Å². The molecule has 2 rings (SSSR count). The second-order valence-electron chi connectivity index (χ2n) is 4.68. The number of para-hydroxylation sites is 1. The Labute approximate surface area is 122 Å². The average molecular weight is 291 g/mol. The number of nitrogens with one attached hydrogen (secondary N) is 1. The van der Waals surface area contributed by atoms with Gasteiger partial charge in [0, 0.05) is 25.5 Å². The van der Waals surface area contributed by atoms with Crippen LogP contribution in [0.25, 0.3) is 0 Å². The first-order valence-electron chi connectivity index (χ1n) is 6.69. The monoisotopic (exact) mass is 291 g/mol. The molecular weight excluding hydrogens is 273 g/mol. The summed E-state index contributed by atoms with van der Waals surface area (Å²) in [6.45, 7) is 2.72. The van der Waals surface area contributed by atoms with Gasteiger partial charge in [-0.05, 0) is 19.1 Å². The Morgan fingerprint density at radius 1 is 1.29 bits per heavy atom. The maximum Gasteiger partial charge on any atom is 0.165 e. The molecule has 0 fully saturated rings. The highest BCUT2D eigenvalue weighted by molar-refractivity contribution is 5.23. The van der Waals surface area contributed by atoms with Crippen LogP contribution in [-0.4, -0.2) is 34.3 Å². The number of aliphatic hydroxyl groups excluding tert-OH is 1. The third-order valence-corrected chi connectivity index (χ3v) is 2.79. The number of aryl methyl sites for hydroxylation is 1. The standard InChI is InChI=1S/C15H18FN3O2/c1-11-6-19-12(8-18-11)7-17-9-13(20)10-21-15-5-3-2-4-14(15)16/h2-6,8,13,17,20H,7,9-10H2,1H3. The Bertz CT molecular complexity index is 563. The summed E-state index contributed by atoms with van der Waals surface area (Å²) in [5.74, 6) is -0.298. The molecule has 0 saturated heterocycles. The van der Waals surface area contributed by atoms with Crippen molar-refractivity contribution in [3.8, 4) is 5.75 Å². The molecule has 112 valence electrons. The topological polar surface area (TPSA) is 67.3 Å². The Kier molecular flexibility index (Phi) is 5.59. The molecule has 1 unspecified atom stereocenters. The summed E-state index contributed by atoms with van der Waals surface area (Å²) < 4.78 is 18.5. The zero-order chi connectivity index (χ0) is 15.1. The van der Waals surface area contributed by atoms with Gasteiger partial charge in [-0.15, -0.1) is 0 Å². The first-order valence-corrected chi connectivity index (χ1v) is 6.69. The summed E-state index contributed by atoms with van der Waals surface area (Å²) in [6.07, 6.45) is 2.64. The summed E-state index contributed by atoms with van der Waals surface area (Å²) in [5.41, 5.74) is 1.65. The summed E-state index contributed by atoms with van der Waals surface area (Å²) in [7, 11) is 0. The van der Waals surface area contributed by atoms with E-state index in [-0.39, 0.29) is 12.4 Å². The van der Waals surface area contributed by atoms with Gasteiger partial charge in [-0.2, -0.15) is 0 Å². The second kappa shape index (κ2) is 7.66. The first-order chi connectivity index (χ1) is 10.1. The molecule has 0 amide bonds. The summed E-state index contributed by atoms with van der Waals surface area (Å²) in [6, 6.07) is 6.11. The normalized spacial score (nSPS) is 12.1. The molecule has 0 aliphatic carbocycles. The van der Waals surface area contributed by atoms with Crippen molar-refractivity contribution in [2.24, 2.45) is 0 Å². The molecular formula is C15H18FN3O2. The molecule has 1 aromatic heterocycles. The smallest absolute Gasteiger partial charge is 0.165 e. The predicted octanol–water partition coefficient (Wildman–Crippen LogP) is 1.45. The van der Waals surface area contributed by atoms with E-state index < -0.39 is 11.9 Å². The highest BCUT2D eigenvalue weighted by atomic mass is 19.1. The number of halogens is 1. The predicted molar refractivity (Wildman–Crippen MR) is 76.4 cm³/mol. The zero-order valence-corrected chi connectivity index (χ0v) is 11.8. The lowest BCUT2D eigenvalue weighted by molar-refractivity contribution is 0.104. The van der Waals surface area contributed by atoms with Crippen LogP contribution < -0.4 is 10.1 Å². The van der Waals surface area contributed by atoms with Crippen LogP contribution in [0.1, 0.15) is 11.4 Å². The van der Waals surface area contributed by atoms with Crippen molar-refractivity contribution in [2.45, 2.75) is 19.6 Å².